The Labute approximate surface area is 156 Å². The molecule has 0 radical (unpaired) electrons. The fraction of sp³-hybridized carbons (Fsp3) is 0.350. The van der Waals surface area contributed by atoms with Crippen molar-refractivity contribution >= 4 is 27.0 Å². The minimum absolute atomic E-state index is 0.231. The second-order valence-corrected chi connectivity index (χ2v) is 7.13. The summed E-state index contributed by atoms with van der Waals surface area (Å²) < 4.78 is 8.76. The van der Waals surface area contributed by atoms with Crippen molar-refractivity contribution in [1.82, 2.24) is 9.55 Å². The molecule has 1 heterocycles. The average Bonchev–Trinajstić information content (AvgIpc) is 2.99. The normalized spacial score (nSPS) is 13.8. The zero-order valence-electron chi connectivity index (χ0n) is 14.5. The second kappa shape index (κ2) is 8.02. The summed E-state index contributed by atoms with van der Waals surface area (Å²) >= 11 is 3.46. The van der Waals surface area contributed by atoms with Gasteiger partial charge in [0, 0.05) is 5.92 Å². The van der Waals surface area contributed by atoms with Gasteiger partial charge in [-0.2, -0.15) is 0 Å². The first kappa shape index (κ1) is 18.0. The van der Waals surface area contributed by atoms with Crippen LogP contribution in [0.1, 0.15) is 32.0 Å². The van der Waals surface area contributed by atoms with Crippen LogP contribution in [-0.2, 0) is 6.54 Å². The highest BCUT2D eigenvalue weighted by atomic mass is 79.9. The number of para-hydroxylation sites is 3. The lowest BCUT2D eigenvalue weighted by Crippen LogP contribution is -2.25. The van der Waals surface area contributed by atoms with Crippen molar-refractivity contribution in [1.29, 1.82) is 0 Å². The standard InChI is InChI=1S/C20H23BrN2O2/c1-3-14(2)20-22-17-9-5-6-10-18(17)23(20)12-15(24)13-25-19-11-7-4-8-16(19)21/h4-11,14-15,24H,3,12-13H2,1-2H3. The third-order valence-electron chi connectivity index (χ3n) is 4.40. The number of ether oxygens (including phenoxy) is 1. The van der Waals surface area contributed by atoms with E-state index in [-0.39, 0.29) is 6.61 Å². The van der Waals surface area contributed by atoms with E-state index in [2.05, 4.69) is 40.4 Å². The summed E-state index contributed by atoms with van der Waals surface area (Å²) in [4.78, 5) is 4.77. The van der Waals surface area contributed by atoms with Crippen LogP contribution in [0.2, 0.25) is 0 Å². The van der Waals surface area contributed by atoms with Gasteiger partial charge in [0.2, 0.25) is 0 Å². The van der Waals surface area contributed by atoms with Crippen LogP contribution in [0, 0.1) is 0 Å². The van der Waals surface area contributed by atoms with Gasteiger partial charge in [0.15, 0.2) is 0 Å². The van der Waals surface area contributed by atoms with Crippen molar-refractivity contribution in [3.63, 3.8) is 0 Å². The molecule has 5 heteroatoms. The highest BCUT2D eigenvalue weighted by molar-refractivity contribution is 9.10. The molecule has 2 aromatic carbocycles. The number of imidazole rings is 1. The number of aliphatic hydroxyl groups is 1. The number of nitrogens with zero attached hydrogens (tertiary/aromatic N) is 2. The Bertz CT molecular complexity index is 847. The van der Waals surface area contributed by atoms with Crippen LogP contribution in [-0.4, -0.2) is 27.4 Å². The minimum atomic E-state index is -0.618. The van der Waals surface area contributed by atoms with Crippen LogP contribution in [0.15, 0.2) is 53.0 Å². The molecular weight excluding hydrogens is 380 g/mol. The van der Waals surface area contributed by atoms with Gasteiger partial charge in [0.05, 0.1) is 22.1 Å². The Morgan fingerprint density at radius 3 is 2.64 bits per heavy atom. The Hall–Kier alpha value is -1.85. The molecule has 0 aliphatic carbocycles. The largest absolute Gasteiger partial charge is 0.490 e. The number of aliphatic hydroxyl groups excluding tert-OH is 1. The quantitative estimate of drug-likeness (QED) is 0.619. The van der Waals surface area contributed by atoms with Gasteiger partial charge in [-0.05, 0) is 46.6 Å². The van der Waals surface area contributed by atoms with Crippen LogP contribution >= 0.6 is 15.9 Å². The lowest BCUT2D eigenvalue weighted by Gasteiger charge is -2.18. The van der Waals surface area contributed by atoms with Gasteiger partial charge in [-0.3, -0.25) is 0 Å². The number of hydrogen-bond donors (Lipinski definition) is 1. The van der Waals surface area contributed by atoms with Crippen LogP contribution < -0.4 is 4.74 Å². The molecule has 0 amide bonds. The van der Waals surface area contributed by atoms with Gasteiger partial charge >= 0.3 is 0 Å². The van der Waals surface area contributed by atoms with Crippen molar-refractivity contribution in [3.8, 4) is 5.75 Å². The van der Waals surface area contributed by atoms with Gasteiger partial charge in [-0.1, -0.05) is 38.1 Å². The highest BCUT2D eigenvalue weighted by Crippen LogP contribution is 2.26. The number of fused-ring (bicyclic) bond motifs is 1. The molecule has 0 saturated carbocycles. The summed E-state index contributed by atoms with van der Waals surface area (Å²) in [5.74, 6) is 2.09. The van der Waals surface area contributed by atoms with Gasteiger partial charge in [0.25, 0.3) is 0 Å². The first-order chi connectivity index (χ1) is 12.1. The fourth-order valence-electron chi connectivity index (χ4n) is 2.86. The maximum Gasteiger partial charge on any atom is 0.133 e. The summed E-state index contributed by atoms with van der Waals surface area (Å²) in [6, 6.07) is 15.7. The molecule has 2 atom stereocenters. The van der Waals surface area contributed by atoms with E-state index in [4.69, 9.17) is 9.72 Å². The SMILES string of the molecule is CCC(C)c1nc2ccccc2n1CC(O)COc1ccccc1Br. The molecule has 3 aromatic rings. The van der Waals surface area contributed by atoms with E-state index in [9.17, 15) is 5.11 Å². The number of hydrogen-bond acceptors (Lipinski definition) is 3. The van der Waals surface area contributed by atoms with E-state index >= 15 is 0 Å². The van der Waals surface area contributed by atoms with Crippen LogP contribution in [0.25, 0.3) is 11.0 Å². The molecule has 0 aliphatic heterocycles. The lowest BCUT2D eigenvalue weighted by atomic mass is 10.1. The molecule has 3 rings (SSSR count). The maximum absolute atomic E-state index is 10.5. The monoisotopic (exact) mass is 402 g/mol. The van der Waals surface area contributed by atoms with Crippen molar-refractivity contribution in [2.24, 2.45) is 0 Å². The number of rotatable bonds is 7. The zero-order chi connectivity index (χ0) is 17.8. The number of benzene rings is 2. The Morgan fingerprint density at radius 2 is 1.88 bits per heavy atom. The van der Waals surface area contributed by atoms with Crippen LogP contribution in [0.3, 0.4) is 0 Å². The van der Waals surface area contributed by atoms with E-state index in [0.29, 0.717) is 12.5 Å². The molecule has 2 unspecified atom stereocenters. The first-order valence-corrected chi connectivity index (χ1v) is 9.40. The van der Waals surface area contributed by atoms with E-state index in [0.717, 1.165) is 33.5 Å². The predicted octanol–water partition coefficient (Wildman–Crippen LogP) is 4.75. The number of halogens is 1. The first-order valence-electron chi connectivity index (χ1n) is 8.60. The van der Waals surface area contributed by atoms with E-state index < -0.39 is 6.10 Å². The molecule has 0 saturated heterocycles. The van der Waals surface area contributed by atoms with Crippen molar-refractivity contribution in [3.05, 3.63) is 58.8 Å². The average molecular weight is 403 g/mol. The lowest BCUT2D eigenvalue weighted by molar-refractivity contribution is 0.0921. The minimum Gasteiger partial charge on any atom is -0.490 e. The second-order valence-electron chi connectivity index (χ2n) is 6.27. The predicted molar refractivity (Wildman–Crippen MR) is 104 cm³/mol. The van der Waals surface area contributed by atoms with E-state index in [1.54, 1.807) is 0 Å². The molecule has 0 aliphatic rings. The zero-order valence-corrected chi connectivity index (χ0v) is 16.1. The summed E-state index contributed by atoms with van der Waals surface area (Å²) in [5, 5.41) is 10.5. The van der Waals surface area contributed by atoms with Crippen LogP contribution in [0.5, 0.6) is 5.75 Å². The van der Waals surface area contributed by atoms with Crippen molar-refractivity contribution in [2.75, 3.05) is 6.61 Å². The Kier molecular flexibility index (Phi) is 5.76. The fourth-order valence-corrected chi connectivity index (χ4v) is 3.26. The molecule has 4 nitrogen and oxygen atoms in total. The van der Waals surface area contributed by atoms with Crippen molar-refractivity contribution in [2.45, 2.75) is 38.8 Å². The van der Waals surface area contributed by atoms with E-state index in [1.165, 1.54) is 0 Å². The molecule has 1 N–H and O–H groups in total. The van der Waals surface area contributed by atoms with E-state index in [1.807, 2.05) is 42.5 Å². The molecule has 0 bridgehead atoms. The molecular formula is C20H23BrN2O2. The van der Waals surface area contributed by atoms with Crippen LogP contribution in [0.4, 0.5) is 0 Å². The topological polar surface area (TPSA) is 47.3 Å². The highest BCUT2D eigenvalue weighted by Gasteiger charge is 2.18. The third-order valence-corrected chi connectivity index (χ3v) is 5.05. The number of aromatic nitrogens is 2. The smallest absolute Gasteiger partial charge is 0.133 e. The van der Waals surface area contributed by atoms with Gasteiger partial charge in [0.1, 0.15) is 24.3 Å². The van der Waals surface area contributed by atoms with Gasteiger partial charge < -0.3 is 14.4 Å². The molecule has 1 aromatic heterocycles. The third kappa shape index (κ3) is 4.05. The Morgan fingerprint density at radius 1 is 1.16 bits per heavy atom. The summed E-state index contributed by atoms with van der Waals surface area (Å²) in [5.41, 5.74) is 2.02. The molecule has 0 fully saturated rings. The summed E-state index contributed by atoms with van der Waals surface area (Å²) in [6.45, 7) is 5.02. The molecule has 0 spiro atoms. The molecule has 132 valence electrons. The summed E-state index contributed by atoms with van der Waals surface area (Å²) in [7, 11) is 0. The molecule has 25 heavy (non-hydrogen) atoms. The van der Waals surface area contributed by atoms with Crippen molar-refractivity contribution < 1.29 is 9.84 Å². The summed E-state index contributed by atoms with van der Waals surface area (Å²) in [6.07, 6.45) is 0.389. The maximum atomic E-state index is 10.5. The van der Waals surface area contributed by atoms with Gasteiger partial charge in [-0.15, -0.1) is 0 Å². The van der Waals surface area contributed by atoms with Gasteiger partial charge in [-0.25, -0.2) is 4.98 Å². The Balaban J connectivity index is 1.78.